The Labute approximate surface area is 154 Å². The Morgan fingerprint density at radius 3 is 2.08 bits per heavy atom. The second kappa shape index (κ2) is 18.1. The van der Waals surface area contributed by atoms with E-state index < -0.39 is 18.8 Å². The first-order valence-electron chi connectivity index (χ1n) is 10.3. The number of hydrogen-bond acceptors (Lipinski definition) is 4. The monoisotopic (exact) mass is 356 g/mol. The van der Waals surface area contributed by atoms with Crippen LogP contribution < -0.4 is 0 Å². The summed E-state index contributed by atoms with van der Waals surface area (Å²) in [5.41, 5.74) is 0. The number of allylic oxidation sites excluding steroid dienone is 1. The fourth-order valence-electron chi connectivity index (χ4n) is 2.73. The Hall–Kier alpha value is -0.710. The second-order valence-corrected chi connectivity index (χ2v) is 6.82. The summed E-state index contributed by atoms with van der Waals surface area (Å²) in [6.07, 6.45) is 15.0. The van der Waals surface area contributed by atoms with Crippen LogP contribution in [0.2, 0.25) is 0 Å². The maximum Gasteiger partial charge on any atom is 0.186 e. The standard InChI is InChI=1S/C21H40O4/c1-3-5-7-9-11-12-14-16-19(23)21(20(24)18-22)25-17-15-13-10-8-6-4-2/h14,16,20-22,24H,3-13,15,17-18H2,1-2H3. The van der Waals surface area contributed by atoms with Crippen molar-refractivity contribution < 1.29 is 19.7 Å². The fourth-order valence-corrected chi connectivity index (χ4v) is 2.73. The van der Waals surface area contributed by atoms with Gasteiger partial charge in [0, 0.05) is 6.61 Å². The van der Waals surface area contributed by atoms with Crippen molar-refractivity contribution in [3.63, 3.8) is 0 Å². The highest BCUT2D eigenvalue weighted by Gasteiger charge is 2.25. The number of unbranched alkanes of at least 4 members (excludes halogenated alkanes) is 10. The first-order valence-corrected chi connectivity index (χ1v) is 10.3. The minimum absolute atomic E-state index is 0.249. The molecule has 0 aromatic carbocycles. The minimum Gasteiger partial charge on any atom is -0.394 e. The molecule has 2 atom stereocenters. The van der Waals surface area contributed by atoms with Gasteiger partial charge in [-0.15, -0.1) is 0 Å². The molecule has 0 aliphatic heterocycles. The highest BCUT2D eigenvalue weighted by Crippen LogP contribution is 2.09. The molecule has 0 rings (SSSR count). The van der Waals surface area contributed by atoms with E-state index >= 15 is 0 Å². The van der Waals surface area contributed by atoms with Crippen LogP contribution in [0.4, 0.5) is 0 Å². The van der Waals surface area contributed by atoms with E-state index in [1.807, 2.05) is 6.08 Å². The maximum atomic E-state index is 12.2. The van der Waals surface area contributed by atoms with Crippen LogP contribution in [-0.4, -0.2) is 41.4 Å². The molecule has 0 spiro atoms. The Morgan fingerprint density at radius 1 is 0.920 bits per heavy atom. The zero-order valence-corrected chi connectivity index (χ0v) is 16.4. The number of carbonyl (C=O) groups excluding carboxylic acids is 1. The number of aliphatic hydroxyl groups excluding tert-OH is 2. The fraction of sp³-hybridized carbons (Fsp3) is 0.857. The van der Waals surface area contributed by atoms with E-state index in [0.29, 0.717) is 6.61 Å². The summed E-state index contributed by atoms with van der Waals surface area (Å²) in [5.74, 6) is -0.249. The van der Waals surface area contributed by atoms with E-state index in [1.54, 1.807) is 0 Å². The van der Waals surface area contributed by atoms with Gasteiger partial charge in [0.05, 0.1) is 6.61 Å². The van der Waals surface area contributed by atoms with Crippen LogP contribution in [0.15, 0.2) is 12.2 Å². The normalized spacial score (nSPS) is 14.1. The lowest BCUT2D eigenvalue weighted by atomic mass is 10.1. The van der Waals surface area contributed by atoms with E-state index in [4.69, 9.17) is 9.84 Å². The predicted molar refractivity (Wildman–Crippen MR) is 104 cm³/mol. The van der Waals surface area contributed by atoms with Crippen LogP contribution in [0.3, 0.4) is 0 Å². The summed E-state index contributed by atoms with van der Waals surface area (Å²) in [6.45, 7) is 4.37. The van der Waals surface area contributed by atoms with E-state index in [1.165, 1.54) is 57.4 Å². The van der Waals surface area contributed by atoms with Crippen LogP contribution in [0.5, 0.6) is 0 Å². The molecule has 0 aromatic heterocycles. The quantitative estimate of drug-likeness (QED) is 0.279. The summed E-state index contributed by atoms with van der Waals surface area (Å²) in [7, 11) is 0. The lowest BCUT2D eigenvalue weighted by Crippen LogP contribution is -2.38. The van der Waals surface area contributed by atoms with Crippen molar-refractivity contribution in [2.45, 2.75) is 103 Å². The summed E-state index contributed by atoms with van der Waals surface area (Å²) in [5, 5.41) is 19.0. The smallest absolute Gasteiger partial charge is 0.186 e. The molecule has 25 heavy (non-hydrogen) atoms. The molecule has 2 unspecified atom stereocenters. The molecule has 0 amide bonds. The number of rotatable bonds is 18. The third kappa shape index (κ3) is 14.2. The molecule has 0 fully saturated rings. The van der Waals surface area contributed by atoms with E-state index in [0.717, 1.165) is 25.7 Å². The number of carbonyl (C=O) groups is 1. The highest BCUT2D eigenvalue weighted by molar-refractivity contribution is 5.94. The van der Waals surface area contributed by atoms with Crippen LogP contribution in [-0.2, 0) is 9.53 Å². The lowest BCUT2D eigenvalue weighted by molar-refractivity contribution is -0.135. The lowest BCUT2D eigenvalue weighted by Gasteiger charge is -2.19. The third-order valence-electron chi connectivity index (χ3n) is 4.37. The van der Waals surface area contributed by atoms with Gasteiger partial charge in [-0.2, -0.15) is 0 Å². The molecule has 0 aliphatic carbocycles. The summed E-state index contributed by atoms with van der Waals surface area (Å²) in [6, 6.07) is 0. The van der Waals surface area contributed by atoms with Crippen LogP contribution in [0.25, 0.3) is 0 Å². The Kier molecular flexibility index (Phi) is 17.6. The molecule has 4 heteroatoms. The molecular formula is C21H40O4. The molecular weight excluding hydrogens is 316 g/mol. The first-order chi connectivity index (χ1) is 12.2. The molecule has 0 aliphatic rings. The molecule has 0 heterocycles. The third-order valence-corrected chi connectivity index (χ3v) is 4.37. The topological polar surface area (TPSA) is 66.8 Å². The van der Waals surface area contributed by atoms with Crippen molar-refractivity contribution in [2.75, 3.05) is 13.2 Å². The van der Waals surface area contributed by atoms with Crippen molar-refractivity contribution in [2.24, 2.45) is 0 Å². The molecule has 0 aromatic rings. The molecule has 0 bridgehead atoms. The van der Waals surface area contributed by atoms with Gasteiger partial charge in [0.25, 0.3) is 0 Å². The van der Waals surface area contributed by atoms with Gasteiger partial charge in [-0.1, -0.05) is 77.7 Å². The number of hydrogen-bond donors (Lipinski definition) is 2. The summed E-state index contributed by atoms with van der Waals surface area (Å²) < 4.78 is 5.56. The van der Waals surface area contributed by atoms with Crippen LogP contribution in [0, 0.1) is 0 Å². The number of ether oxygens (including phenoxy) is 1. The van der Waals surface area contributed by atoms with Crippen molar-refractivity contribution in [1.29, 1.82) is 0 Å². The number of ketones is 1. The minimum atomic E-state index is -1.15. The van der Waals surface area contributed by atoms with E-state index in [2.05, 4.69) is 13.8 Å². The average molecular weight is 357 g/mol. The summed E-state index contributed by atoms with van der Waals surface area (Å²) >= 11 is 0. The zero-order chi connectivity index (χ0) is 18.8. The molecule has 2 N–H and O–H groups in total. The highest BCUT2D eigenvalue weighted by atomic mass is 16.5. The van der Waals surface area contributed by atoms with Gasteiger partial charge in [-0.25, -0.2) is 0 Å². The predicted octanol–water partition coefficient (Wildman–Crippen LogP) is 4.57. The van der Waals surface area contributed by atoms with Crippen molar-refractivity contribution in [3.05, 3.63) is 12.2 Å². The SMILES string of the molecule is CCCCCCCC=CC(=O)C(OCCCCCCCC)C(O)CO. The van der Waals surface area contributed by atoms with Crippen molar-refractivity contribution >= 4 is 5.78 Å². The first kappa shape index (κ1) is 24.3. The Morgan fingerprint density at radius 2 is 1.48 bits per heavy atom. The van der Waals surface area contributed by atoms with Gasteiger partial charge in [0.15, 0.2) is 5.78 Å². The second-order valence-electron chi connectivity index (χ2n) is 6.82. The zero-order valence-electron chi connectivity index (χ0n) is 16.4. The van der Waals surface area contributed by atoms with Gasteiger partial charge >= 0.3 is 0 Å². The largest absolute Gasteiger partial charge is 0.394 e. The Balaban J connectivity index is 4.04. The van der Waals surface area contributed by atoms with Crippen LogP contribution in [0.1, 0.15) is 90.9 Å². The van der Waals surface area contributed by atoms with Crippen molar-refractivity contribution in [1.82, 2.24) is 0 Å². The summed E-state index contributed by atoms with van der Waals surface area (Å²) in [4.78, 5) is 12.2. The molecule has 0 saturated heterocycles. The van der Waals surface area contributed by atoms with Crippen molar-refractivity contribution in [3.8, 4) is 0 Å². The average Bonchev–Trinajstić information content (AvgIpc) is 2.62. The maximum absolute atomic E-state index is 12.2. The van der Waals surface area contributed by atoms with Crippen LogP contribution >= 0.6 is 0 Å². The molecule has 0 radical (unpaired) electrons. The van der Waals surface area contributed by atoms with Gasteiger partial charge in [-0.3, -0.25) is 4.79 Å². The molecule has 0 saturated carbocycles. The van der Waals surface area contributed by atoms with E-state index in [9.17, 15) is 9.90 Å². The van der Waals surface area contributed by atoms with E-state index in [-0.39, 0.29) is 5.78 Å². The molecule has 4 nitrogen and oxygen atoms in total. The number of aliphatic hydroxyl groups is 2. The van der Waals surface area contributed by atoms with Gasteiger partial charge in [0.1, 0.15) is 12.2 Å². The van der Waals surface area contributed by atoms with Gasteiger partial charge < -0.3 is 14.9 Å². The Bertz CT molecular complexity index is 328. The molecule has 148 valence electrons. The van der Waals surface area contributed by atoms with Gasteiger partial charge in [-0.05, 0) is 25.3 Å². The van der Waals surface area contributed by atoms with Gasteiger partial charge in [0.2, 0.25) is 0 Å².